The number of aliphatic carboxylic acids is 4. The number of rotatable bonds is 8. The fourth-order valence-corrected chi connectivity index (χ4v) is 5.24. The summed E-state index contributed by atoms with van der Waals surface area (Å²) in [4.78, 5) is 53.8. The van der Waals surface area contributed by atoms with Gasteiger partial charge in [0, 0.05) is 49.3 Å². The van der Waals surface area contributed by atoms with Gasteiger partial charge in [-0.3, -0.25) is 38.8 Å². The summed E-state index contributed by atoms with van der Waals surface area (Å²) in [7, 11) is 0. The highest BCUT2D eigenvalue weighted by atomic mass is 16.4. The maximum absolute atomic E-state index is 11.7. The lowest BCUT2D eigenvalue weighted by Gasteiger charge is -2.46. The van der Waals surface area contributed by atoms with Crippen molar-refractivity contribution in [3.63, 3.8) is 0 Å². The Balaban J connectivity index is 3.47. The van der Waals surface area contributed by atoms with E-state index in [1.165, 1.54) is 0 Å². The molecule has 12 heteroatoms. The molecule has 0 radical (unpaired) electrons. The Bertz CT molecular complexity index is 724. The van der Waals surface area contributed by atoms with Gasteiger partial charge in [0.1, 0.15) is 0 Å². The fraction of sp³-hybridized carbons (Fsp3) is 0.833. The molecule has 36 heavy (non-hydrogen) atoms. The van der Waals surface area contributed by atoms with E-state index >= 15 is 0 Å². The number of carboxylic acid groups (broad SMARTS) is 4. The topological polar surface area (TPSA) is 162 Å². The van der Waals surface area contributed by atoms with Crippen LogP contribution in [0.25, 0.3) is 0 Å². The minimum absolute atomic E-state index is 0.222. The van der Waals surface area contributed by atoms with Gasteiger partial charge in [0.2, 0.25) is 0 Å². The lowest BCUT2D eigenvalue weighted by Crippen LogP contribution is -2.57. The summed E-state index contributed by atoms with van der Waals surface area (Å²) in [5.74, 6) is -3.99. The molecule has 1 aliphatic heterocycles. The van der Waals surface area contributed by atoms with Gasteiger partial charge in [-0.05, 0) is 54.4 Å². The Kier molecular flexibility index (Phi) is 11.7. The van der Waals surface area contributed by atoms with E-state index in [0.717, 1.165) is 0 Å². The van der Waals surface area contributed by atoms with Gasteiger partial charge in [0.05, 0.1) is 26.2 Å². The first-order chi connectivity index (χ1) is 16.4. The van der Waals surface area contributed by atoms with Crippen molar-refractivity contribution in [1.82, 2.24) is 19.6 Å². The van der Waals surface area contributed by atoms with Gasteiger partial charge >= 0.3 is 23.9 Å². The summed E-state index contributed by atoms with van der Waals surface area (Å²) in [6, 6.07) is -0.474. The Hall–Kier alpha value is -2.28. The van der Waals surface area contributed by atoms with Crippen LogP contribution in [0.5, 0.6) is 0 Å². The highest BCUT2D eigenvalue weighted by molar-refractivity contribution is 5.70. The second kappa shape index (κ2) is 13.3. The molecule has 0 aliphatic carbocycles. The number of hydrogen-bond acceptors (Lipinski definition) is 8. The molecule has 0 aromatic carbocycles. The van der Waals surface area contributed by atoms with Crippen molar-refractivity contribution in [3.05, 3.63) is 0 Å². The number of nitrogens with zero attached hydrogens (tertiary/aromatic N) is 4. The molecular weight excluding hydrogens is 472 g/mol. The van der Waals surface area contributed by atoms with E-state index < -0.39 is 35.0 Å². The van der Waals surface area contributed by atoms with Gasteiger partial charge < -0.3 is 20.4 Å². The summed E-state index contributed by atoms with van der Waals surface area (Å²) in [6.45, 7) is 11.7. The van der Waals surface area contributed by atoms with E-state index in [9.17, 15) is 39.6 Å². The van der Waals surface area contributed by atoms with E-state index in [-0.39, 0.29) is 38.3 Å². The number of hydrogen-bond donors (Lipinski definition) is 4. The Morgan fingerprint density at radius 2 is 0.861 bits per heavy atom. The molecule has 0 amide bonds. The van der Waals surface area contributed by atoms with Crippen LogP contribution >= 0.6 is 0 Å². The largest absolute Gasteiger partial charge is 0.480 e. The monoisotopic (exact) mass is 516 g/mol. The van der Waals surface area contributed by atoms with Crippen molar-refractivity contribution in [2.75, 3.05) is 52.4 Å². The second-order valence-electron chi connectivity index (χ2n) is 11.1. The molecule has 0 aromatic rings. The van der Waals surface area contributed by atoms with Crippen molar-refractivity contribution in [2.24, 2.45) is 0 Å². The van der Waals surface area contributed by atoms with Crippen LogP contribution in [0, 0.1) is 0 Å². The third kappa shape index (κ3) is 10.4. The predicted octanol–water partition coefficient (Wildman–Crippen LogP) is 0.661. The van der Waals surface area contributed by atoms with Crippen LogP contribution in [0.3, 0.4) is 0 Å². The van der Waals surface area contributed by atoms with E-state index in [0.29, 0.717) is 39.0 Å². The molecule has 208 valence electrons. The van der Waals surface area contributed by atoms with E-state index in [2.05, 4.69) is 0 Å². The van der Waals surface area contributed by atoms with Gasteiger partial charge in [-0.25, -0.2) is 0 Å². The zero-order valence-corrected chi connectivity index (χ0v) is 22.4. The van der Waals surface area contributed by atoms with E-state index in [1.807, 2.05) is 41.5 Å². The molecule has 12 nitrogen and oxygen atoms in total. The smallest absolute Gasteiger partial charge is 0.317 e. The van der Waals surface area contributed by atoms with E-state index in [4.69, 9.17) is 0 Å². The molecule has 0 unspecified atom stereocenters. The van der Waals surface area contributed by atoms with Gasteiger partial charge in [-0.1, -0.05) is 0 Å². The quantitative estimate of drug-likeness (QED) is 0.357. The van der Waals surface area contributed by atoms with Crippen molar-refractivity contribution in [3.8, 4) is 0 Å². The van der Waals surface area contributed by atoms with Crippen molar-refractivity contribution < 1.29 is 39.6 Å². The zero-order valence-electron chi connectivity index (χ0n) is 22.4. The van der Waals surface area contributed by atoms with Gasteiger partial charge in [-0.15, -0.1) is 0 Å². The Morgan fingerprint density at radius 1 is 0.583 bits per heavy atom. The van der Waals surface area contributed by atoms with Crippen LogP contribution in [0.15, 0.2) is 0 Å². The first-order valence-corrected chi connectivity index (χ1v) is 12.3. The maximum Gasteiger partial charge on any atom is 0.317 e. The summed E-state index contributed by atoms with van der Waals surface area (Å²) in [5.41, 5.74) is -1.26. The summed E-state index contributed by atoms with van der Waals surface area (Å²) < 4.78 is 0. The van der Waals surface area contributed by atoms with Crippen LogP contribution in [0.4, 0.5) is 0 Å². The third-order valence-corrected chi connectivity index (χ3v) is 7.19. The maximum atomic E-state index is 11.7. The lowest BCUT2D eigenvalue weighted by atomic mass is 9.91. The molecule has 0 bridgehead atoms. The van der Waals surface area contributed by atoms with Crippen LogP contribution in [0.1, 0.15) is 54.4 Å². The molecule has 1 aliphatic rings. The van der Waals surface area contributed by atoms with E-state index in [1.54, 1.807) is 19.6 Å². The summed E-state index contributed by atoms with van der Waals surface area (Å²) >= 11 is 0. The second-order valence-corrected chi connectivity index (χ2v) is 11.1. The number of carbonyl (C=O) groups is 4. The van der Waals surface area contributed by atoms with Crippen molar-refractivity contribution in [1.29, 1.82) is 0 Å². The van der Waals surface area contributed by atoms with Crippen LogP contribution in [0.2, 0.25) is 0 Å². The van der Waals surface area contributed by atoms with Crippen molar-refractivity contribution in [2.45, 2.75) is 77.5 Å². The summed E-state index contributed by atoms with van der Waals surface area (Å²) in [6.07, 6.45) is 0.925. The third-order valence-electron chi connectivity index (χ3n) is 7.19. The molecule has 0 aromatic heterocycles. The highest BCUT2D eigenvalue weighted by Crippen LogP contribution is 2.27. The normalized spacial score (nSPS) is 25.6. The van der Waals surface area contributed by atoms with Crippen LogP contribution in [-0.2, 0) is 19.2 Å². The Morgan fingerprint density at radius 3 is 1.11 bits per heavy atom. The molecular formula is C24H44N4O8. The van der Waals surface area contributed by atoms with Crippen molar-refractivity contribution >= 4 is 23.9 Å². The molecule has 2 atom stereocenters. The van der Waals surface area contributed by atoms with Gasteiger partial charge in [0.25, 0.3) is 0 Å². The first kappa shape index (κ1) is 31.7. The molecule has 1 rings (SSSR count). The van der Waals surface area contributed by atoms with Gasteiger partial charge in [0.15, 0.2) is 0 Å². The average molecular weight is 517 g/mol. The Labute approximate surface area is 213 Å². The highest BCUT2D eigenvalue weighted by Gasteiger charge is 2.36. The minimum atomic E-state index is -0.998. The molecule has 0 saturated carbocycles. The standard InChI is InChI=1S/C24H44N4O8/c1-17-11-23(3,4)27(15-21(33)34)10-8-26(14-20(31)32)18(2)12-24(5,6)28(16-22(35)36)9-7-25(17)13-19(29)30/h17-18H,7-16H2,1-6H3,(H,29,30)(H,31,32)(H,33,34)(H,35,36)/t17-,18+. The first-order valence-electron chi connectivity index (χ1n) is 12.3. The minimum Gasteiger partial charge on any atom is -0.480 e. The molecule has 1 fully saturated rings. The average Bonchev–Trinajstić information content (AvgIpc) is 2.69. The predicted molar refractivity (Wildman–Crippen MR) is 133 cm³/mol. The zero-order chi connectivity index (χ0) is 27.8. The molecule has 0 spiro atoms. The lowest BCUT2D eigenvalue weighted by molar-refractivity contribution is -0.143. The molecule has 1 saturated heterocycles. The summed E-state index contributed by atoms with van der Waals surface area (Å²) in [5, 5.41) is 38.1. The molecule has 1 heterocycles. The number of carboxylic acids is 4. The molecule has 4 N–H and O–H groups in total. The van der Waals surface area contributed by atoms with Gasteiger partial charge in [-0.2, -0.15) is 0 Å². The van der Waals surface area contributed by atoms with Crippen LogP contribution < -0.4 is 0 Å². The SMILES string of the molecule is C[C@@H]1CC(C)(C)N(CC(=O)O)CCN(CC(=O)O)[C@@H](C)CC(C)(C)N(CC(=O)O)CCN1CC(=O)O. The fourth-order valence-electron chi connectivity index (χ4n) is 5.24. The van der Waals surface area contributed by atoms with Crippen LogP contribution in [-0.4, -0.2) is 139 Å².